The lowest BCUT2D eigenvalue weighted by Gasteiger charge is -2.38. The van der Waals surface area contributed by atoms with Crippen LogP contribution < -0.4 is 5.73 Å². The molecule has 1 aliphatic heterocycles. The van der Waals surface area contributed by atoms with Gasteiger partial charge < -0.3 is 15.2 Å². The average Bonchev–Trinajstić information content (AvgIpc) is 2.59. The van der Waals surface area contributed by atoms with Crippen LogP contribution in [0, 0.1) is 5.41 Å². The average molecular weight is 383 g/mol. The topological polar surface area (TPSA) is 78.6 Å². The van der Waals surface area contributed by atoms with Gasteiger partial charge in [-0.05, 0) is 29.4 Å². The molecule has 3 rings (SSSR count). The highest BCUT2D eigenvalue weighted by Crippen LogP contribution is 2.48. The summed E-state index contributed by atoms with van der Waals surface area (Å²) >= 11 is 0. The molecule has 0 spiro atoms. The Morgan fingerprint density at radius 2 is 1.89 bits per heavy atom. The summed E-state index contributed by atoms with van der Waals surface area (Å²) in [6, 6.07) is 8.00. The second-order valence-electron chi connectivity index (χ2n) is 8.63. The molecule has 1 aliphatic carbocycles. The second-order valence-corrected chi connectivity index (χ2v) is 8.63. The van der Waals surface area contributed by atoms with Gasteiger partial charge in [-0.15, -0.1) is 0 Å². The Labute approximate surface area is 166 Å². The highest BCUT2D eigenvalue weighted by atomic mass is 16.5. The zero-order valence-corrected chi connectivity index (χ0v) is 17.3. The minimum absolute atomic E-state index is 0.00140. The monoisotopic (exact) mass is 383 g/mol. The number of ketones is 1. The first kappa shape index (κ1) is 20.2. The van der Waals surface area contributed by atoms with Crippen molar-refractivity contribution >= 4 is 11.8 Å². The normalized spacial score (nSPS) is 21.5. The first-order valence-corrected chi connectivity index (χ1v) is 9.85. The van der Waals surface area contributed by atoms with Crippen molar-refractivity contribution in [1.82, 2.24) is 0 Å². The van der Waals surface area contributed by atoms with Crippen LogP contribution in [0.25, 0.3) is 0 Å². The molecule has 0 radical (unpaired) electrons. The smallest absolute Gasteiger partial charge is 0.340 e. The lowest BCUT2D eigenvalue weighted by molar-refractivity contribution is -0.139. The zero-order valence-electron chi connectivity index (χ0n) is 17.3. The molecule has 0 saturated carbocycles. The van der Waals surface area contributed by atoms with E-state index in [4.69, 9.17) is 15.2 Å². The van der Waals surface area contributed by atoms with Gasteiger partial charge in [-0.1, -0.05) is 52.0 Å². The van der Waals surface area contributed by atoms with E-state index >= 15 is 0 Å². The lowest BCUT2D eigenvalue weighted by Crippen LogP contribution is -2.35. The SMILES string of the molecule is CCOC(=O)C1=C(N)OC2=C(C(=O)CC(C)(C)C2)[C@@H]1c1ccc(C(C)C)cc1. The molecule has 5 nitrogen and oxygen atoms in total. The number of hydrogen-bond donors (Lipinski definition) is 1. The van der Waals surface area contributed by atoms with Crippen LogP contribution in [0.4, 0.5) is 0 Å². The minimum Gasteiger partial charge on any atom is -0.462 e. The highest BCUT2D eigenvalue weighted by molar-refractivity contribution is 6.03. The molecule has 1 atom stereocenters. The molecule has 1 aromatic rings. The van der Waals surface area contributed by atoms with Gasteiger partial charge in [0.1, 0.15) is 11.3 Å². The molecule has 0 saturated heterocycles. The number of hydrogen-bond acceptors (Lipinski definition) is 5. The molecule has 1 heterocycles. The molecule has 2 aliphatic rings. The summed E-state index contributed by atoms with van der Waals surface area (Å²) in [5.74, 6) is -0.112. The lowest BCUT2D eigenvalue weighted by atomic mass is 9.70. The third kappa shape index (κ3) is 3.71. The van der Waals surface area contributed by atoms with E-state index in [2.05, 4.69) is 13.8 Å². The van der Waals surface area contributed by atoms with Crippen molar-refractivity contribution in [2.24, 2.45) is 11.1 Å². The van der Waals surface area contributed by atoms with Crippen LogP contribution in [0.15, 0.2) is 47.1 Å². The fourth-order valence-corrected chi connectivity index (χ4v) is 4.00. The van der Waals surface area contributed by atoms with Gasteiger partial charge in [-0.3, -0.25) is 4.79 Å². The van der Waals surface area contributed by atoms with Gasteiger partial charge in [-0.2, -0.15) is 0 Å². The molecule has 2 N–H and O–H groups in total. The molecule has 28 heavy (non-hydrogen) atoms. The van der Waals surface area contributed by atoms with E-state index in [9.17, 15) is 9.59 Å². The van der Waals surface area contributed by atoms with Gasteiger partial charge in [0.25, 0.3) is 0 Å². The zero-order chi connectivity index (χ0) is 20.6. The molecule has 0 bridgehead atoms. The van der Waals surface area contributed by atoms with E-state index in [0.717, 1.165) is 5.56 Å². The fraction of sp³-hybridized carbons (Fsp3) is 0.478. The van der Waals surface area contributed by atoms with Gasteiger partial charge in [0.15, 0.2) is 5.78 Å². The van der Waals surface area contributed by atoms with Gasteiger partial charge >= 0.3 is 5.97 Å². The maximum Gasteiger partial charge on any atom is 0.340 e. The number of rotatable bonds is 4. The van der Waals surface area contributed by atoms with Gasteiger partial charge in [0.05, 0.1) is 12.5 Å². The molecule has 1 aromatic carbocycles. The maximum absolute atomic E-state index is 13.1. The Morgan fingerprint density at radius 3 is 2.46 bits per heavy atom. The Balaban J connectivity index is 2.14. The van der Waals surface area contributed by atoms with Crippen LogP contribution in [0.2, 0.25) is 0 Å². The Bertz CT molecular complexity index is 859. The first-order chi connectivity index (χ1) is 13.1. The van der Waals surface area contributed by atoms with Crippen molar-refractivity contribution in [3.63, 3.8) is 0 Å². The van der Waals surface area contributed by atoms with E-state index in [0.29, 0.717) is 30.1 Å². The number of allylic oxidation sites excluding steroid dienone is 2. The predicted octanol–water partition coefficient (Wildman–Crippen LogP) is 4.30. The summed E-state index contributed by atoms with van der Waals surface area (Å²) in [6.45, 7) is 10.3. The van der Waals surface area contributed by atoms with Crippen LogP contribution in [0.3, 0.4) is 0 Å². The molecule has 0 unspecified atom stereocenters. The van der Waals surface area contributed by atoms with Crippen molar-refractivity contribution in [3.05, 3.63) is 58.2 Å². The summed E-state index contributed by atoms with van der Waals surface area (Å²) in [5, 5.41) is 0. The molecule has 5 heteroatoms. The molecule has 0 amide bonds. The predicted molar refractivity (Wildman–Crippen MR) is 107 cm³/mol. The molecule has 0 fully saturated rings. The molecular weight excluding hydrogens is 354 g/mol. The van der Waals surface area contributed by atoms with Crippen molar-refractivity contribution < 1.29 is 19.1 Å². The molecule has 0 aromatic heterocycles. The number of Topliss-reactive ketones (excluding diaryl/α,β-unsaturated/α-hetero) is 1. The van der Waals surface area contributed by atoms with Crippen molar-refractivity contribution in [2.75, 3.05) is 6.61 Å². The quantitative estimate of drug-likeness (QED) is 0.784. The summed E-state index contributed by atoms with van der Waals surface area (Å²) in [6.07, 6.45) is 1.01. The summed E-state index contributed by atoms with van der Waals surface area (Å²) in [4.78, 5) is 25.8. The Morgan fingerprint density at radius 1 is 1.25 bits per heavy atom. The summed E-state index contributed by atoms with van der Waals surface area (Å²) in [7, 11) is 0. The van der Waals surface area contributed by atoms with E-state index in [-0.39, 0.29) is 29.3 Å². The summed E-state index contributed by atoms with van der Waals surface area (Å²) in [5.41, 5.74) is 8.75. The van der Waals surface area contributed by atoms with Crippen LogP contribution in [-0.2, 0) is 19.1 Å². The number of ether oxygens (including phenoxy) is 2. The first-order valence-electron chi connectivity index (χ1n) is 9.85. The van der Waals surface area contributed by atoms with Gasteiger partial charge in [0, 0.05) is 18.4 Å². The van der Waals surface area contributed by atoms with E-state index in [1.807, 2.05) is 38.1 Å². The standard InChI is InChI=1S/C23H29NO4/c1-6-27-22(26)20-18(15-9-7-14(8-10-15)13(2)3)19-16(25)11-23(4,5)12-17(19)28-21(20)24/h7-10,13,18H,6,11-12,24H2,1-5H3/t18-/m0/s1. The number of esters is 1. The number of nitrogens with two attached hydrogens (primary N) is 1. The van der Waals surface area contributed by atoms with Crippen molar-refractivity contribution in [3.8, 4) is 0 Å². The largest absolute Gasteiger partial charge is 0.462 e. The van der Waals surface area contributed by atoms with Crippen LogP contribution in [-0.4, -0.2) is 18.4 Å². The third-order valence-corrected chi connectivity index (χ3v) is 5.39. The van der Waals surface area contributed by atoms with E-state index in [1.165, 1.54) is 5.56 Å². The van der Waals surface area contributed by atoms with Gasteiger partial charge in [-0.25, -0.2) is 4.79 Å². The minimum atomic E-state index is -0.562. The second kappa shape index (κ2) is 7.46. The Kier molecular flexibility index (Phi) is 5.37. The van der Waals surface area contributed by atoms with Crippen LogP contribution >= 0.6 is 0 Å². The number of carbonyl (C=O) groups excluding carboxylic acids is 2. The maximum atomic E-state index is 13.1. The molecule has 150 valence electrons. The molecular formula is C23H29NO4. The number of carbonyl (C=O) groups is 2. The summed E-state index contributed by atoms with van der Waals surface area (Å²) < 4.78 is 11.0. The Hall–Kier alpha value is -2.56. The van der Waals surface area contributed by atoms with Crippen LogP contribution in [0.5, 0.6) is 0 Å². The van der Waals surface area contributed by atoms with Crippen molar-refractivity contribution in [2.45, 2.75) is 59.3 Å². The fourth-order valence-electron chi connectivity index (χ4n) is 4.00. The van der Waals surface area contributed by atoms with Crippen LogP contribution in [0.1, 0.15) is 70.4 Å². The number of benzene rings is 1. The van der Waals surface area contributed by atoms with E-state index < -0.39 is 11.9 Å². The third-order valence-electron chi connectivity index (χ3n) is 5.39. The van der Waals surface area contributed by atoms with Gasteiger partial charge in [0.2, 0.25) is 5.88 Å². The van der Waals surface area contributed by atoms with Crippen molar-refractivity contribution in [1.29, 1.82) is 0 Å². The highest BCUT2D eigenvalue weighted by Gasteiger charge is 2.44. The van der Waals surface area contributed by atoms with E-state index in [1.54, 1.807) is 6.92 Å².